The fraction of sp³-hybridized carbons (Fsp3) is 0.400. The molecule has 134 valence electrons. The Kier molecular flexibility index (Phi) is 5.33. The topological polar surface area (TPSA) is 18.5 Å². The second kappa shape index (κ2) is 7.48. The first-order valence-electron chi connectivity index (χ1n) is 8.48. The molecule has 1 aliphatic heterocycles. The first kappa shape index (κ1) is 17.8. The molecular formula is C20H21F3O2. The molecule has 2 atom stereocenters. The molecule has 3 rings (SSSR count). The molecule has 0 spiro atoms. The van der Waals surface area contributed by atoms with Crippen molar-refractivity contribution in [2.24, 2.45) is 0 Å². The minimum absolute atomic E-state index is 0.00528. The molecule has 1 heterocycles. The molecule has 2 aromatic rings. The van der Waals surface area contributed by atoms with Gasteiger partial charge in [0.2, 0.25) is 5.82 Å². The van der Waals surface area contributed by atoms with E-state index in [4.69, 9.17) is 9.47 Å². The van der Waals surface area contributed by atoms with Crippen molar-refractivity contribution >= 4 is 0 Å². The van der Waals surface area contributed by atoms with Gasteiger partial charge in [-0.2, -0.15) is 4.39 Å². The Balaban J connectivity index is 1.87. The first-order valence-corrected chi connectivity index (χ1v) is 8.48. The molecular weight excluding hydrogens is 329 g/mol. The molecule has 0 aliphatic carbocycles. The van der Waals surface area contributed by atoms with E-state index in [1.807, 2.05) is 0 Å². The van der Waals surface area contributed by atoms with Crippen LogP contribution < -0.4 is 4.74 Å². The van der Waals surface area contributed by atoms with Crippen LogP contribution in [0, 0.1) is 17.5 Å². The predicted molar refractivity (Wildman–Crippen MR) is 90.3 cm³/mol. The van der Waals surface area contributed by atoms with Crippen LogP contribution in [-0.2, 0) is 4.74 Å². The molecule has 0 N–H and O–H groups in total. The fourth-order valence-electron chi connectivity index (χ4n) is 3.31. The van der Waals surface area contributed by atoms with Crippen LogP contribution in [0.3, 0.4) is 0 Å². The Morgan fingerprint density at radius 1 is 1.08 bits per heavy atom. The Morgan fingerprint density at radius 2 is 1.88 bits per heavy atom. The zero-order valence-corrected chi connectivity index (χ0v) is 14.3. The van der Waals surface area contributed by atoms with Gasteiger partial charge in [0.25, 0.3) is 0 Å². The van der Waals surface area contributed by atoms with Gasteiger partial charge in [0.1, 0.15) is 5.82 Å². The summed E-state index contributed by atoms with van der Waals surface area (Å²) in [5, 5.41) is 0. The zero-order chi connectivity index (χ0) is 18.0. The maximum absolute atomic E-state index is 14.6. The van der Waals surface area contributed by atoms with Gasteiger partial charge in [-0.15, -0.1) is 0 Å². The molecule has 2 aromatic carbocycles. The summed E-state index contributed by atoms with van der Waals surface area (Å²) in [5.74, 6) is -2.72. The van der Waals surface area contributed by atoms with Crippen molar-refractivity contribution in [1.82, 2.24) is 0 Å². The predicted octanol–water partition coefficient (Wildman–Crippen LogP) is 5.45. The van der Waals surface area contributed by atoms with Gasteiger partial charge in [-0.05, 0) is 48.6 Å². The molecule has 1 saturated heterocycles. The van der Waals surface area contributed by atoms with Gasteiger partial charge >= 0.3 is 0 Å². The van der Waals surface area contributed by atoms with Crippen molar-refractivity contribution in [3.05, 3.63) is 53.3 Å². The molecule has 2 unspecified atom stereocenters. The Morgan fingerprint density at radius 3 is 2.48 bits per heavy atom. The normalized spacial score (nSPS) is 20.5. The number of ether oxygens (including phenoxy) is 2. The van der Waals surface area contributed by atoms with Gasteiger partial charge in [0.15, 0.2) is 11.6 Å². The highest BCUT2D eigenvalue weighted by Crippen LogP contribution is 2.34. The van der Waals surface area contributed by atoms with E-state index in [1.54, 1.807) is 12.1 Å². The monoisotopic (exact) mass is 350 g/mol. The van der Waals surface area contributed by atoms with Gasteiger partial charge in [-0.1, -0.05) is 19.1 Å². The Hall–Kier alpha value is -2.01. The molecule has 0 bridgehead atoms. The Labute approximate surface area is 145 Å². The number of hydrogen-bond donors (Lipinski definition) is 0. The standard InChI is InChI=1S/C20H21F3O2/c1-3-14-6-4-13(11-25-14)15-7-5-12(10-17(15)21)16-8-9-18(24-2)20(23)19(16)22/h5,7-10,13-14H,3-4,6,11H2,1-2H3. The lowest BCUT2D eigenvalue weighted by molar-refractivity contribution is 0.00141. The lowest BCUT2D eigenvalue weighted by Crippen LogP contribution is -2.24. The van der Waals surface area contributed by atoms with E-state index < -0.39 is 17.5 Å². The molecule has 1 aliphatic rings. The number of halogens is 3. The van der Waals surface area contributed by atoms with Gasteiger partial charge in [-0.25, -0.2) is 8.78 Å². The summed E-state index contributed by atoms with van der Waals surface area (Å²) in [6.07, 6.45) is 2.96. The maximum atomic E-state index is 14.6. The summed E-state index contributed by atoms with van der Waals surface area (Å²) in [5.41, 5.74) is 0.867. The van der Waals surface area contributed by atoms with Crippen LogP contribution >= 0.6 is 0 Å². The lowest BCUT2D eigenvalue weighted by Gasteiger charge is -2.29. The number of methoxy groups -OCH3 is 1. The van der Waals surface area contributed by atoms with Gasteiger partial charge in [0, 0.05) is 11.5 Å². The van der Waals surface area contributed by atoms with Crippen LogP contribution in [0.4, 0.5) is 13.2 Å². The zero-order valence-electron chi connectivity index (χ0n) is 14.3. The van der Waals surface area contributed by atoms with Crippen LogP contribution in [0.5, 0.6) is 5.75 Å². The molecule has 1 fully saturated rings. The molecule has 0 aromatic heterocycles. The van der Waals surface area contributed by atoms with Crippen LogP contribution in [0.15, 0.2) is 30.3 Å². The van der Waals surface area contributed by atoms with Crippen molar-refractivity contribution < 1.29 is 22.6 Å². The van der Waals surface area contributed by atoms with Gasteiger partial charge < -0.3 is 9.47 Å². The molecule has 2 nitrogen and oxygen atoms in total. The summed E-state index contributed by atoms with van der Waals surface area (Å²) in [7, 11) is 1.27. The van der Waals surface area contributed by atoms with Crippen LogP contribution in [0.2, 0.25) is 0 Å². The molecule has 0 amide bonds. The van der Waals surface area contributed by atoms with E-state index in [2.05, 4.69) is 6.92 Å². The van der Waals surface area contributed by atoms with E-state index >= 15 is 0 Å². The van der Waals surface area contributed by atoms with Crippen LogP contribution in [-0.4, -0.2) is 19.8 Å². The largest absolute Gasteiger partial charge is 0.494 e. The van der Waals surface area contributed by atoms with Crippen LogP contribution in [0.1, 0.15) is 37.7 Å². The third-order valence-corrected chi connectivity index (χ3v) is 4.84. The molecule has 0 radical (unpaired) electrons. The van der Waals surface area contributed by atoms with Crippen molar-refractivity contribution in [1.29, 1.82) is 0 Å². The maximum Gasteiger partial charge on any atom is 0.201 e. The number of hydrogen-bond acceptors (Lipinski definition) is 2. The highest BCUT2D eigenvalue weighted by atomic mass is 19.2. The third-order valence-electron chi connectivity index (χ3n) is 4.84. The van der Waals surface area contributed by atoms with Gasteiger partial charge in [0.05, 0.1) is 19.8 Å². The smallest absolute Gasteiger partial charge is 0.201 e. The Bertz CT molecular complexity index is 753. The molecule has 5 heteroatoms. The quantitative estimate of drug-likeness (QED) is 0.730. The second-order valence-electron chi connectivity index (χ2n) is 6.32. The van der Waals surface area contributed by atoms with Crippen LogP contribution in [0.25, 0.3) is 11.1 Å². The molecule has 25 heavy (non-hydrogen) atoms. The van der Waals surface area contributed by atoms with Crippen molar-refractivity contribution in [2.75, 3.05) is 13.7 Å². The van der Waals surface area contributed by atoms with E-state index in [0.29, 0.717) is 17.7 Å². The van der Waals surface area contributed by atoms with E-state index in [-0.39, 0.29) is 23.3 Å². The minimum atomic E-state index is -1.07. The average Bonchev–Trinajstić information content (AvgIpc) is 2.64. The third kappa shape index (κ3) is 3.52. The second-order valence-corrected chi connectivity index (χ2v) is 6.32. The summed E-state index contributed by atoms with van der Waals surface area (Å²) < 4.78 is 53.2. The summed E-state index contributed by atoms with van der Waals surface area (Å²) >= 11 is 0. The van der Waals surface area contributed by atoms with Crippen molar-refractivity contribution in [3.8, 4) is 16.9 Å². The van der Waals surface area contributed by atoms with E-state index in [1.165, 1.54) is 25.3 Å². The molecule has 0 saturated carbocycles. The summed E-state index contributed by atoms with van der Waals surface area (Å²) in [4.78, 5) is 0. The summed E-state index contributed by atoms with van der Waals surface area (Å²) in [6, 6.07) is 7.24. The fourth-order valence-corrected chi connectivity index (χ4v) is 3.31. The number of benzene rings is 2. The average molecular weight is 350 g/mol. The minimum Gasteiger partial charge on any atom is -0.494 e. The van der Waals surface area contributed by atoms with E-state index in [9.17, 15) is 13.2 Å². The highest BCUT2D eigenvalue weighted by Gasteiger charge is 2.24. The van der Waals surface area contributed by atoms with Crippen molar-refractivity contribution in [2.45, 2.75) is 38.2 Å². The lowest BCUT2D eigenvalue weighted by atomic mass is 9.89. The summed E-state index contributed by atoms with van der Waals surface area (Å²) in [6.45, 7) is 2.56. The highest BCUT2D eigenvalue weighted by molar-refractivity contribution is 5.66. The van der Waals surface area contributed by atoms with Gasteiger partial charge in [-0.3, -0.25) is 0 Å². The van der Waals surface area contributed by atoms with E-state index in [0.717, 1.165) is 19.3 Å². The SMILES string of the molecule is CCC1CCC(c2ccc(-c3ccc(OC)c(F)c3F)cc2F)CO1. The first-order chi connectivity index (χ1) is 12.0. The van der Waals surface area contributed by atoms with Crippen molar-refractivity contribution in [3.63, 3.8) is 0 Å². The number of rotatable bonds is 4.